The first-order chi connectivity index (χ1) is 13.4. The second-order valence-corrected chi connectivity index (χ2v) is 7.58. The van der Waals surface area contributed by atoms with Crippen LogP contribution in [-0.2, 0) is 27.3 Å². The highest BCUT2D eigenvalue weighted by Gasteiger charge is 2.50. The standard InChI is InChI=1S/C20H21F2N3O3/c21-16-2-1-14(9-17(16)22)10-18(26)25-6-3-20(4-7-25)11-15(28-19(20)27)12-24-8-5-23-13-24/h1-2,5,8-9,13,15H,3-4,6-7,10-12H2. The summed E-state index contributed by atoms with van der Waals surface area (Å²) in [6, 6.07) is 3.49. The first kappa shape index (κ1) is 18.6. The zero-order valence-corrected chi connectivity index (χ0v) is 15.3. The number of rotatable bonds is 4. The monoisotopic (exact) mass is 389 g/mol. The summed E-state index contributed by atoms with van der Waals surface area (Å²) in [5.74, 6) is -2.23. The van der Waals surface area contributed by atoms with Crippen molar-refractivity contribution in [3.8, 4) is 0 Å². The Labute approximate surface area is 161 Å². The molecule has 2 aliphatic heterocycles. The molecule has 0 saturated carbocycles. The molecule has 1 unspecified atom stereocenters. The van der Waals surface area contributed by atoms with Gasteiger partial charge in [0.25, 0.3) is 0 Å². The molecule has 1 spiro atoms. The number of hydrogen-bond donors (Lipinski definition) is 0. The number of carbonyl (C=O) groups excluding carboxylic acids is 2. The minimum atomic E-state index is -0.958. The zero-order chi connectivity index (χ0) is 19.7. The smallest absolute Gasteiger partial charge is 0.312 e. The van der Waals surface area contributed by atoms with E-state index in [0.29, 0.717) is 44.5 Å². The van der Waals surface area contributed by atoms with Gasteiger partial charge in [-0.1, -0.05) is 6.07 Å². The second-order valence-electron chi connectivity index (χ2n) is 7.58. The van der Waals surface area contributed by atoms with E-state index in [-0.39, 0.29) is 24.4 Å². The summed E-state index contributed by atoms with van der Waals surface area (Å²) in [6.07, 6.45) is 6.77. The molecule has 2 fully saturated rings. The van der Waals surface area contributed by atoms with E-state index in [1.165, 1.54) is 6.07 Å². The number of imidazole rings is 1. The molecule has 4 rings (SSSR count). The molecule has 28 heavy (non-hydrogen) atoms. The third-order valence-corrected chi connectivity index (χ3v) is 5.71. The van der Waals surface area contributed by atoms with E-state index in [9.17, 15) is 18.4 Å². The van der Waals surface area contributed by atoms with E-state index in [1.807, 2.05) is 10.8 Å². The number of aromatic nitrogens is 2. The number of halogens is 2. The number of esters is 1. The number of hydrogen-bond acceptors (Lipinski definition) is 4. The summed E-state index contributed by atoms with van der Waals surface area (Å²) in [4.78, 5) is 30.7. The maximum absolute atomic E-state index is 13.3. The van der Waals surface area contributed by atoms with E-state index in [0.717, 1.165) is 12.1 Å². The minimum Gasteiger partial charge on any atom is -0.460 e. The second kappa shape index (κ2) is 7.33. The highest BCUT2D eigenvalue weighted by Crippen LogP contribution is 2.43. The van der Waals surface area contributed by atoms with Gasteiger partial charge in [-0.15, -0.1) is 0 Å². The van der Waals surface area contributed by atoms with E-state index in [1.54, 1.807) is 17.4 Å². The third kappa shape index (κ3) is 3.63. The summed E-state index contributed by atoms with van der Waals surface area (Å²) in [6.45, 7) is 1.48. The highest BCUT2D eigenvalue weighted by molar-refractivity contribution is 5.81. The first-order valence-corrected chi connectivity index (χ1v) is 9.34. The minimum absolute atomic E-state index is 0.0118. The fraction of sp³-hybridized carbons (Fsp3) is 0.450. The number of likely N-dealkylation sites (tertiary alicyclic amines) is 1. The van der Waals surface area contributed by atoms with Crippen molar-refractivity contribution in [1.82, 2.24) is 14.5 Å². The molecule has 2 aromatic rings. The maximum Gasteiger partial charge on any atom is 0.312 e. The van der Waals surface area contributed by atoms with E-state index in [4.69, 9.17) is 4.74 Å². The lowest BCUT2D eigenvalue weighted by molar-refractivity contribution is -0.152. The van der Waals surface area contributed by atoms with Crippen LogP contribution in [0.4, 0.5) is 8.78 Å². The van der Waals surface area contributed by atoms with Crippen LogP contribution in [0.5, 0.6) is 0 Å². The molecule has 2 aliphatic rings. The average molecular weight is 389 g/mol. The van der Waals surface area contributed by atoms with Crippen LogP contribution >= 0.6 is 0 Å². The number of piperidine rings is 1. The van der Waals surface area contributed by atoms with Gasteiger partial charge in [0.05, 0.1) is 24.7 Å². The summed E-state index contributed by atoms with van der Waals surface area (Å²) >= 11 is 0. The molecule has 0 N–H and O–H groups in total. The molecule has 6 nitrogen and oxygen atoms in total. The molecule has 8 heteroatoms. The number of amides is 1. The van der Waals surface area contributed by atoms with Gasteiger partial charge in [-0.2, -0.15) is 0 Å². The molecule has 3 heterocycles. The lowest BCUT2D eigenvalue weighted by atomic mass is 9.76. The Hall–Kier alpha value is -2.77. The van der Waals surface area contributed by atoms with Gasteiger partial charge < -0.3 is 14.2 Å². The third-order valence-electron chi connectivity index (χ3n) is 5.71. The summed E-state index contributed by atoms with van der Waals surface area (Å²) in [7, 11) is 0. The number of carbonyl (C=O) groups is 2. The van der Waals surface area contributed by atoms with E-state index < -0.39 is 17.0 Å². The van der Waals surface area contributed by atoms with Gasteiger partial charge in [-0.25, -0.2) is 13.8 Å². The molecule has 148 valence electrons. The van der Waals surface area contributed by atoms with Crippen molar-refractivity contribution in [3.63, 3.8) is 0 Å². The van der Waals surface area contributed by atoms with Gasteiger partial charge in [0.15, 0.2) is 11.6 Å². The predicted molar refractivity (Wildman–Crippen MR) is 95.0 cm³/mol. The Bertz CT molecular complexity index is 877. The van der Waals surface area contributed by atoms with Gasteiger partial charge in [-0.3, -0.25) is 9.59 Å². The van der Waals surface area contributed by atoms with Crippen molar-refractivity contribution in [2.45, 2.75) is 38.3 Å². The van der Waals surface area contributed by atoms with Crippen LogP contribution in [-0.4, -0.2) is 45.5 Å². The van der Waals surface area contributed by atoms with E-state index in [2.05, 4.69) is 4.98 Å². The Morgan fingerprint density at radius 3 is 2.71 bits per heavy atom. The van der Waals surface area contributed by atoms with Crippen LogP contribution in [0.1, 0.15) is 24.8 Å². The zero-order valence-electron chi connectivity index (χ0n) is 15.3. The molecule has 2 saturated heterocycles. The summed E-state index contributed by atoms with van der Waals surface area (Å²) < 4.78 is 33.8. The van der Waals surface area contributed by atoms with Crippen molar-refractivity contribution in [1.29, 1.82) is 0 Å². The van der Waals surface area contributed by atoms with Crippen LogP contribution < -0.4 is 0 Å². The van der Waals surface area contributed by atoms with Crippen LogP contribution in [0.25, 0.3) is 0 Å². The average Bonchev–Trinajstić information content (AvgIpc) is 3.27. The topological polar surface area (TPSA) is 64.4 Å². The molecular weight excluding hydrogens is 368 g/mol. The molecular formula is C20H21F2N3O3. The van der Waals surface area contributed by atoms with Gasteiger partial charge >= 0.3 is 5.97 Å². The van der Waals surface area contributed by atoms with E-state index >= 15 is 0 Å². The fourth-order valence-electron chi connectivity index (χ4n) is 4.10. The van der Waals surface area contributed by atoms with Crippen molar-refractivity contribution in [2.75, 3.05) is 13.1 Å². The number of nitrogens with zero attached hydrogens (tertiary/aromatic N) is 3. The first-order valence-electron chi connectivity index (χ1n) is 9.34. The number of ether oxygens (including phenoxy) is 1. The maximum atomic E-state index is 13.3. The Kier molecular flexibility index (Phi) is 4.87. The summed E-state index contributed by atoms with van der Waals surface area (Å²) in [5.41, 5.74) is -0.103. The lowest BCUT2D eigenvalue weighted by Gasteiger charge is -2.36. The Morgan fingerprint density at radius 1 is 1.25 bits per heavy atom. The normalized spacial score (nSPS) is 21.1. The van der Waals surface area contributed by atoms with Crippen LogP contribution in [0, 0.1) is 17.0 Å². The molecule has 0 aliphatic carbocycles. The van der Waals surface area contributed by atoms with Gasteiger partial charge in [-0.05, 0) is 30.5 Å². The Balaban J connectivity index is 1.34. The van der Waals surface area contributed by atoms with Crippen molar-refractivity contribution >= 4 is 11.9 Å². The molecule has 0 radical (unpaired) electrons. The largest absolute Gasteiger partial charge is 0.460 e. The van der Waals surface area contributed by atoms with Crippen molar-refractivity contribution in [2.24, 2.45) is 5.41 Å². The van der Waals surface area contributed by atoms with Gasteiger partial charge in [0.1, 0.15) is 6.10 Å². The van der Waals surface area contributed by atoms with Gasteiger partial charge in [0, 0.05) is 31.9 Å². The summed E-state index contributed by atoms with van der Waals surface area (Å²) in [5, 5.41) is 0. The predicted octanol–water partition coefficient (Wildman–Crippen LogP) is 2.33. The number of cyclic esters (lactones) is 1. The Morgan fingerprint density at radius 2 is 2.04 bits per heavy atom. The molecule has 1 aromatic heterocycles. The molecule has 1 atom stereocenters. The number of benzene rings is 1. The molecule has 1 amide bonds. The SMILES string of the molecule is O=C(Cc1ccc(F)c(F)c1)N1CCC2(CC1)CC(Cn1ccnc1)OC2=O. The van der Waals surface area contributed by atoms with Crippen LogP contribution in [0.3, 0.4) is 0 Å². The molecule has 1 aromatic carbocycles. The van der Waals surface area contributed by atoms with Crippen molar-refractivity contribution < 1.29 is 23.1 Å². The highest BCUT2D eigenvalue weighted by atomic mass is 19.2. The fourth-order valence-corrected chi connectivity index (χ4v) is 4.10. The van der Waals surface area contributed by atoms with Crippen LogP contribution in [0.2, 0.25) is 0 Å². The molecule has 0 bridgehead atoms. The quantitative estimate of drug-likeness (QED) is 0.753. The lowest BCUT2D eigenvalue weighted by Crippen LogP contribution is -2.45. The van der Waals surface area contributed by atoms with Crippen LogP contribution in [0.15, 0.2) is 36.9 Å². The van der Waals surface area contributed by atoms with Gasteiger partial charge in [0.2, 0.25) is 5.91 Å². The van der Waals surface area contributed by atoms with Crippen molar-refractivity contribution in [3.05, 3.63) is 54.1 Å².